The van der Waals surface area contributed by atoms with Crippen molar-refractivity contribution in [1.29, 1.82) is 0 Å². The monoisotopic (exact) mass is 294 g/mol. The maximum Gasteiger partial charge on any atom is 0.323 e. The van der Waals surface area contributed by atoms with Crippen LogP contribution in [0.15, 0.2) is 29.4 Å². The highest BCUT2D eigenvalue weighted by Gasteiger charge is 2.42. The van der Waals surface area contributed by atoms with Crippen LogP contribution >= 0.6 is 11.8 Å². The van der Waals surface area contributed by atoms with Crippen molar-refractivity contribution in [2.24, 2.45) is 0 Å². The number of nitrogens with zero attached hydrogens (tertiary/aromatic N) is 1. The minimum atomic E-state index is -0.749. The molecule has 1 saturated carbocycles. The van der Waals surface area contributed by atoms with Gasteiger partial charge in [0.2, 0.25) is 0 Å². The molecule has 0 aliphatic heterocycles. The van der Waals surface area contributed by atoms with Crippen molar-refractivity contribution in [1.82, 2.24) is 10.3 Å². The highest BCUT2D eigenvalue weighted by molar-refractivity contribution is 7.99. The Labute approximate surface area is 124 Å². The highest BCUT2D eigenvalue weighted by Crippen LogP contribution is 2.37. The number of carbonyl (C=O) groups is 1. The van der Waals surface area contributed by atoms with Gasteiger partial charge in [0, 0.05) is 11.4 Å². The standard InChI is InChI=1S/C15H22N2O2S/c1-2-9-17-15(14(18)19)8-5-6-12(11-15)20-13-7-3-4-10-16-13/h3-4,7,10,12,17H,2,5-6,8-9,11H2,1H3,(H,18,19). The van der Waals surface area contributed by atoms with E-state index in [0.29, 0.717) is 11.7 Å². The lowest BCUT2D eigenvalue weighted by Crippen LogP contribution is -2.55. The number of rotatable bonds is 6. The van der Waals surface area contributed by atoms with E-state index < -0.39 is 11.5 Å². The molecule has 1 aromatic rings. The van der Waals surface area contributed by atoms with Gasteiger partial charge in [0.25, 0.3) is 0 Å². The first-order valence-corrected chi connectivity index (χ1v) is 8.10. The van der Waals surface area contributed by atoms with Crippen LogP contribution in [0.4, 0.5) is 0 Å². The molecule has 0 amide bonds. The molecule has 4 nitrogen and oxygen atoms in total. The number of carboxylic acid groups (broad SMARTS) is 1. The number of aliphatic carboxylic acids is 1. The molecule has 0 radical (unpaired) electrons. The van der Waals surface area contributed by atoms with Crippen LogP contribution in [-0.2, 0) is 4.79 Å². The molecule has 0 spiro atoms. The van der Waals surface area contributed by atoms with Gasteiger partial charge in [0.05, 0.1) is 5.03 Å². The van der Waals surface area contributed by atoms with Crippen LogP contribution in [0.25, 0.3) is 0 Å². The molecule has 1 aromatic heterocycles. The number of pyridine rings is 1. The van der Waals surface area contributed by atoms with E-state index in [-0.39, 0.29) is 0 Å². The fourth-order valence-corrected chi connectivity index (χ4v) is 3.98. The van der Waals surface area contributed by atoms with Crippen molar-refractivity contribution < 1.29 is 9.90 Å². The van der Waals surface area contributed by atoms with Crippen LogP contribution in [0.5, 0.6) is 0 Å². The van der Waals surface area contributed by atoms with Gasteiger partial charge >= 0.3 is 5.97 Å². The summed E-state index contributed by atoms with van der Waals surface area (Å²) in [6.45, 7) is 2.82. The van der Waals surface area contributed by atoms with E-state index in [1.807, 2.05) is 18.2 Å². The largest absolute Gasteiger partial charge is 0.480 e. The maximum absolute atomic E-state index is 11.7. The average molecular weight is 294 g/mol. The summed E-state index contributed by atoms with van der Waals surface area (Å²) in [7, 11) is 0. The quantitative estimate of drug-likeness (QED) is 0.844. The zero-order chi connectivity index (χ0) is 14.4. The van der Waals surface area contributed by atoms with E-state index in [0.717, 1.165) is 37.3 Å². The minimum absolute atomic E-state index is 0.319. The molecule has 2 unspecified atom stereocenters. The second kappa shape index (κ2) is 7.09. The molecule has 110 valence electrons. The Morgan fingerprint density at radius 1 is 1.60 bits per heavy atom. The molecule has 1 fully saturated rings. The van der Waals surface area contributed by atoms with E-state index in [1.54, 1.807) is 18.0 Å². The third kappa shape index (κ3) is 3.73. The summed E-state index contributed by atoms with van der Waals surface area (Å²) in [5.41, 5.74) is -0.749. The van der Waals surface area contributed by atoms with Crippen molar-refractivity contribution in [3.63, 3.8) is 0 Å². The molecule has 1 aliphatic rings. The van der Waals surface area contributed by atoms with Gasteiger partial charge in [0.1, 0.15) is 5.54 Å². The Morgan fingerprint density at radius 3 is 3.10 bits per heavy atom. The topological polar surface area (TPSA) is 62.2 Å². The molecule has 1 aliphatic carbocycles. The van der Waals surface area contributed by atoms with Crippen molar-refractivity contribution in [2.75, 3.05) is 6.54 Å². The van der Waals surface area contributed by atoms with E-state index in [4.69, 9.17) is 0 Å². The Bertz CT molecular complexity index is 441. The summed E-state index contributed by atoms with van der Waals surface area (Å²) in [5, 5.41) is 14.2. The first-order chi connectivity index (χ1) is 9.66. The summed E-state index contributed by atoms with van der Waals surface area (Å²) in [5.74, 6) is -0.711. The van der Waals surface area contributed by atoms with Gasteiger partial charge in [-0.05, 0) is 50.8 Å². The maximum atomic E-state index is 11.7. The van der Waals surface area contributed by atoms with Gasteiger partial charge in [-0.25, -0.2) is 4.98 Å². The lowest BCUT2D eigenvalue weighted by atomic mass is 9.81. The van der Waals surface area contributed by atoms with Gasteiger partial charge in [-0.3, -0.25) is 4.79 Å². The summed E-state index contributed by atoms with van der Waals surface area (Å²) in [4.78, 5) is 16.0. The summed E-state index contributed by atoms with van der Waals surface area (Å²) in [6, 6.07) is 5.86. The zero-order valence-electron chi connectivity index (χ0n) is 11.8. The van der Waals surface area contributed by atoms with Crippen LogP contribution in [0.3, 0.4) is 0 Å². The second-order valence-electron chi connectivity index (χ2n) is 5.32. The van der Waals surface area contributed by atoms with Crippen molar-refractivity contribution in [3.05, 3.63) is 24.4 Å². The van der Waals surface area contributed by atoms with Crippen molar-refractivity contribution in [3.8, 4) is 0 Å². The number of hydrogen-bond donors (Lipinski definition) is 2. The molecule has 2 rings (SSSR count). The van der Waals surface area contributed by atoms with E-state index in [9.17, 15) is 9.90 Å². The molecule has 2 atom stereocenters. The Balaban J connectivity index is 2.04. The smallest absolute Gasteiger partial charge is 0.323 e. The molecule has 1 heterocycles. The molecule has 20 heavy (non-hydrogen) atoms. The number of aromatic nitrogens is 1. The highest BCUT2D eigenvalue weighted by atomic mass is 32.2. The first-order valence-electron chi connectivity index (χ1n) is 7.22. The van der Waals surface area contributed by atoms with Crippen LogP contribution < -0.4 is 5.32 Å². The third-order valence-corrected chi connectivity index (χ3v) is 4.97. The Hall–Kier alpha value is -1.07. The van der Waals surface area contributed by atoms with E-state index >= 15 is 0 Å². The molecular weight excluding hydrogens is 272 g/mol. The van der Waals surface area contributed by atoms with Gasteiger partial charge in [0.15, 0.2) is 0 Å². The Kier molecular flexibility index (Phi) is 5.43. The molecule has 5 heteroatoms. The molecule has 0 bridgehead atoms. The third-order valence-electron chi connectivity index (χ3n) is 3.75. The summed E-state index contributed by atoms with van der Waals surface area (Å²) >= 11 is 1.70. The van der Waals surface area contributed by atoms with Gasteiger partial charge < -0.3 is 10.4 Å². The predicted molar refractivity (Wildman–Crippen MR) is 81.0 cm³/mol. The van der Waals surface area contributed by atoms with Gasteiger partial charge in [-0.15, -0.1) is 11.8 Å². The number of carboxylic acids is 1. The lowest BCUT2D eigenvalue weighted by molar-refractivity contribution is -0.146. The molecule has 0 aromatic carbocycles. The van der Waals surface area contributed by atoms with Gasteiger partial charge in [-0.2, -0.15) is 0 Å². The zero-order valence-corrected chi connectivity index (χ0v) is 12.7. The van der Waals surface area contributed by atoms with Crippen LogP contribution in [-0.4, -0.2) is 33.4 Å². The number of nitrogens with one attached hydrogen (secondary N) is 1. The fraction of sp³-hybridized carbons (Fsp3) is 0.600. The van der Waals surface area contributed by atoms with Crippen LogP contribution in [0.2, 0.25) is 0 Å². The summed E-state index contributed by atoms with van der Waals surface area (Å²) in [6.07, 6.45) is 6.14. The van der Waals surface area contributed by atoms with Crippen molar-refractivity contribution in [2.45, 2.75) is 54.8 Å². The van der Waals surface area contributed by atoms with Gasteiger partial charge in [-0.1, -0.05) is 13.0 Å². The number of hydrogen-bond acceptors (Lipinski definition) is 4. The van der Waals surface area contributed by atoms with Crippen LogP contribution in [0, 0.1) is 0 Å². The average Bonchev–Trinajstić information content (AvgIpc) is 2.46. The van der Waals surface area contributed by atoms with E-state index in [1.165, 1.54) is 0 Å². The van der Waals surface area contributed by atoms with Crippen molar-refractivity contribution >= 4 is 17.7 Å². The SMILES string of the molecule is CCCNC1(C(=O)O)CCCC(Sc2ccccn2)C1. The van der Waals surface area contributed by atoms with Crippen LogP contribution in [0.1, 0.15) is 39.0 Å². The number of thioether (sulfide) groups is 1. The van der Waals surface area contributed by atoms with E-state index in [2.05, 4.69) is 17.2 Å². The first kappa shape index (κ1) is 15.3. The summed E-state index contributed by atoms with van der Waals surface area (Å²) < 4.78 is 0. The minimum Gasteiger partial charge on any atom is -0.480 e. The predicted octanol–water partition coefficient (Wildman–Crippen LogP) is 2.94. The second-order valence-corrected chi connectivity index (χ2v) is 6.64. The molecular formula is C15H22N2O2S. The molecule has 0 saturated heterocycles. The molecule has 2 N–H and O–H groups in total. The Morgan fingerprint density at radius 2 is 2.45 bits per heavy atom. The lowest BCUT2D eigenvalue weighted by Gasteiger charge is -2.38. The fourth-order valence-electron chi connectivity index (χ4n) is 2.71. The normalized spacial score (nSPS) is 26.4.